The highest BCUT2D eigenvalue weighted by molar-refractivity contribution is 5.80. The second-order valence-electron chi connectivity index (χ2n) is 2.78. The maximum Gasteiger partial charge on any atom is 0.317 e. The van der Waals surface area contributed by atoms with E-state index in [1.54, 1.807) is 6.92 Å². The first-order valence-corrected chi connectivity index (χ1v) is 3.71. The number of esters is 1. The molecule has 4 nitrogen and oxygen atoms in total. The van der Waals surface area contributed by atoms with Crippen LogP contribution < -0.4 is 4.74 Å². The molecule has 0 aromatic carbocycles. The number of hydrogen-bond donors (Lipinski definition) is 0. The number of hydrogen-bond acceptors (Lipinski definition) is 4. The molecule has 0 spiro atoms. The zero-order valence-electron chi connectivity index (χ0n) is 6.92. The van der Waals surface area contributed by atoms with Crippen molar-refractivity contribution in [1.29, 1.82) is 0 Å². The molecule has 1 aromatic heterocycles. The van der Waals surface area contributed by atoms with E-state index in [9.17, 15) is 4.79 Å². The minimum Gasteiger partial charge on any atom is -0.422 e. The van der Waals surface area contributed by atoms with Crippen molar-refractivity contribution in [2.45, 2.75) is 20.3 Å². The monoisotopic (exact) mass is 164 g/mol. The normalized spacial score (nSPS) is 14.3. The summed E-state index contributed by atoms with van der Waals surface area (Å²) < 4.78 is 4.93. The minimum atomic E-state index is -0.243. The van der Waals surface area contributed by atoms with Crippen molar-refractivity contribution in [2.75, 3.05) is 0 Å². The van der Waals surface area contributed by atoms with Crippen LogP contribution in [0.3, 0.4) is 0 Å². The summed E-state index contributed by atoms with van der Waals surface area (Å²) in [6.07, 6.45) is 0.277. The van der Waals surface area contributed by atoms with Gasteiger partial charge in [0.05, 0.1) is 17.8 Å². The van der Waals surface area contributed by atoms with Gasteiger partial charge in [0.15, 0.2) is 5.75 Å². The maximum atomic E-state index is 10.9. The molecule has 12 heavy (non-hydrogen) atoms. The van der Waals surface area contributed by atoms with Gasteiger partial charge in [-0.25, -0.2) is 9.97 Å². The highest BCUT2D eigenvalue weighted by Crippen LogP contribution is 2.26. The van der Waals surface area contributed by atoms with Gasteiger partial charge in [-0.3, -0.25) is 4.79 Å². The number of aryl methyl sites for hydroxylation is 2. The topological polar surface area (TPSA) is 52.1 Å². The molecule has 0 N–H and O–H groups in total. The first-order chi connectivity index (χ1) is 5.66. The number of aromatic nitrogens is 2. The van der Waals surface area contributed by atoms with E-state index in [0.717, 1.165) is 5.69 Å². The molecule has 0 fully saturated rings. The van der Waals surface area contributed by atoms with Crippen molar-refractivity contribution in [2.24, 2.45) is 0 Å². The molecule has 2 rings (SSSR count). The molecular weight excluding hydrogens is 156 g/mol. The van der Waals surface area contributed by atoms with E-state index in [1.807, 2.05) is 6.92 Å². The van der Waals surface area contributed by atoms with Gasteiger partial charge in [-0.2, -0.15) is 0 Å². The zero-order chi connectivity index (χ0) is 8.72. The van der Waals surface area contributed by atoms with E-state index in [-0.39, 0.29) is 12.4 Å². The predicted octanol–water partition coefficient (Wildman–Crippen LogP) is 0.555. The lowest BCUT2D eigenvalue weighted by Gasteiger charge is -2.00. The molecule has 0 amide bonds. The van der Waals surface area contributed by atoms with Crippen LogP contribution >= 0.6 is 0 Å². The molecule has 1 aliphatic rings. The van der Waals surface area contributed by atoms with Crippen molar-refractivity contribution in [3.63, 3.8) is 0 Å². The molecule has 0 unspecified atom stereocenters. The predicted molar refractivity (Wildman–Crippen MR) is 40.8 cm³/mol. The number of carbonyl (C=O) groups excluding carboxylic acids is 1. The van der Waals surface area contributed by atoms with Gasteiger partial charge in [-0.15, -0.1) is 0 Å². The van der Waals surface area contributed by atoms with Gasteiger partial charge in [0.2, 0.25) is 0 Å². The standard InChI is InChI=1S/C8H8N2O2/c1-4-8-6(3-7(11)12-8)10-5(2)9-4/h3H2,1-2H3. The van der Waals surface area contributed by atoms with Gasteiger partial charge in [0, 0.05) is 0 Å². The lowest BCUT2D eigenvalue weighted by molar-refractivity contribution is -0.131. The molecule has 0 saturated carbocycles. The zero-order valence-corrected chi connectivity index (χ0v) is 6.92. The summed E-state index contributed by atoms with van der Waals surface area (Å²) in [6, 6.07) is 0. The van der Waals surface area contributed by atoms with Crippen LogP contribution in [-0.4, -0.2) is 15.9 Å². The summed E-state index contributed by atoms with van der Waals surface area (Å²) in [4.78, 5) is 19.1. The lowest BCUT2D eigenvalue weighted by Crippen LogP contribution is -2.00. The Kier molecular flexibility index (Phi) is 1.36. The molecule has 4 heteroatoms. The number of nitrogens with zero attached hydrogens (tertiary/aromatic N) is 2. The Morgan fingerprint density at radius 2 is 2.08 bits per heavy atom. The van der Waals surface area contributed by atoms with Gasteiger partial charge in [-0.1, -0.05) is 0 Å². The van der Waals surface area contributed by atoms with E-state index in [2.05, 4.69) is 9.97 Å². The van der Waals surface area contributed by atoms with Crippen molar-refractivity contribution in [3.8, 4) is 5.75 Å². The molecular formula is C8H8N2O2. The Morgan fingerprint density at radius 3 is 2.83 bits per heavy atom. The fraction of sp³-hybridized carbons (Fsp3) is 0.375. The van der Waals surface area contributed by atoms with Gasteiger partial charge >= 0.3 is 5.97 Å². The van der Waals surface area contributed by atoms with Gasteiger partial charge < -0.3 is 4.74 Å². The van der Waals surface area contributed by atoms with Crippen LogP contribution in [0.2, 0.25) is 0 Å². The maximum absolute atomic E-state index is 10.9. The summed E-state index contributed by atoms with van der Waals surface area (Å²) in [7, 11) is 0. The summed E-state index contributed by atoms with van der Waals surface area (Å²) >= 11 is 0. The second-order valence-corrected chi connectivity index (χ2v) is 2.78. The first-order valence-electron chi connectivity index (χ1n) is 3.71. The average Bonchev–Trinajstić information content (AvgIpc) is 2.29. The van der Waals surface area contributed by atoms with Crippen molar-refractivity contribution in [1.82, 2.24) is 9.97 Å². The average molecular weight is 164 g/mol. The second kappa shape index (κ2) is 2.27. The van der Waals surface area contributed by atoms with E-state index >= 15 is 0 Å². The fourth-order valence-corrected chi connectivity index (χ4v) is 1.31. The van der Waals surface area contributed by atoms with Crippen LogP contribution in [0.15, 0.2) is 0 Å². The Labute approximate surface area is 69.6 Å². The number of ether oxygens (including phenoxy) is 1. The van der Waals surface area contributed by atoms with E-state index < -0.39 is 0 Å². The molecule has 1 aromatic rings. The number of rotatable bonds is 0. The lowest BCUT2D eigenvalue weighted by atomic mass is 10.3. The van der Waals surface area contributed by atoms with E-state index in [4.69, 9.17) is 4.74 Å². The molecule has 0 radical (unpaired) electrons. The summed E-state index contributed by atoms with van der Waals surface area (Å²) in [5.74, 6) is 0.989. The Hall–Kier alpha value is -1.45. The molecule has 0 saturated heterocycles. The fourth-order valence-electron chi connectivity index (χ4n) is 1.31. The van der Waals surface area contributed by atoms with Gasteiger partial charge in [0.25, 0.3) is 0 Å². The number of fused-ring (bicyclic) bond motifs is 1. The Morgan fingerprint density at radius 1 is 1.33 bits per heavy atom. The van der Waals surface area contributed by atoms with E-state index in [0.29, 0.717) is 17.3 Å². The first kappa shape index (κ1) is 7.21. The van der Waals surface area contributed by atoms with Crippen LogP contribution in [0.1, 0.15) is 17.2 Å². The Bertz CT molecular complexity index is 360. The van der Waals surface area contributed by atoms with Crippen LogP contribution in [-0.2, 0) is 11.2 Å². The van der Waals surface area contributed by atoms with E-state index in [1.165, 1.54) is 0 Å². The molecule has 1 aliphatic heterocycles. The highest BCUT2D eigenvalue weighted by Gasteiger charge is 2.24. The third-order valence-corrected chi connectivity index (χ3v) is 1.74. The van der Waals surface area contributed by atoms with Crippen LogP contribution in [0.5, 0.6) is 5.75 Å². The molecule has 0 bridgehead atoms. The largest absolute Gasteiger partial charge is 0.422 e. The summed E-state index contributed by atoms with van der Waals surface area (Å²) in [5, 5.41) is 0. The third-order valence-electron chi connectivity index (χ3n) is 1.74. The number of carbonyl (C=O) groups is 1. The van der Waals surface area contributed by atoms with Crippen molar-refractivity contribution < 1.29 is 9.53 Å². The van der Waals surface area contributed by atoms with Gasteiger partial charge in [-0.05, 0) is 13.8 Å². The molecule has 0 atom stereocenters. The molecule has 2 heterocycles. The quantitative estimate of drug-likeness (QED) is 0.525. The Balaban J connectivity index is 2.59. The molecule has 0 aliphatic carbocycles. The van der Waals surface area contributed by atoms with Crippen molar-refractivity contribution >= 4 is 5.97 Å². The summed E-state index contributed by atoms with van der Waals surface area (Å²) in [6.45, 7) is 3.61. The molecule has 62 valence electrons. The van der Waals surface area contributed by atoms with Crippen molar-refractivity contribution in [3.05, 3.63) is 17.2 Å². The third kappa shape index (κ3) is 0.958. The SMILES string of the molecule is Cc1nc(C)c2c(n1)CC(=O)O2. The van der Waals surface area contributed by atoms with Crippen LogP contribution in [0, 0.1) is 13.8 Å². The highest BCUT2D eigenvalue weighted by atomic mass is 16.5. The van der Waals surface area contributed by atoms with Gasteiger partial charge in [0.1, 0.15) is 5.82 Å². The van der Waals surface area contributed by atoms with Crippen LogP contribution in [0.25, 0.3) is 0 Å². The smallest absolute Gasteiger partial charge is 0.317 e. The summed E-state index contributed by atoms with van der Waals surface area (Å²) in [5.41, 5.74) is 1.45. The van der Waals surface area contributed by atoms with Crippen LogP contribution in [0.4, 0.5) is 0 Å². The minimum absolute atomic E-state index is 0.243.